The maximum atomic E-state index is 13.5. The first-order valence-electron chi connectivity index (χ1n) is 9.08. The molecule has 3 aromatic rings. The average Bonchev–Trinajstić information content (AvgIpc) is 3.34. The average molecular weight is 438 g/mol. The number of ether oxygens (including phenoxy) is 1. The molecule has 0 spiro atoms. The van der Waals surface area contributed by atoms with Crippen LogP contribution in [0.4, 0.5) is 4.39 Å². The van der Waals surface area contributed by atoms with Crippen molar-refractivity contribution in [1.29, 1.82) is 0 Å². The van der Waals surface area contributed by atoms with Gasteiger partial charge in [-0.1, -0.05) is 0 Å². The largest absolute Gasteiger partial charge is 0.379 e. The van der Waals surface area contributed by atoms with Gasteiger partial charge in [-0.2, -0.15) is 4.31 Å². The van der Waals surface area contributed by atoms with Crippen LogP contribution < -0.4 is 5.32 Å². The molecular weight excluding hydrogens is 417 g/mol. The molecule has 10 heteroatoms. The fraction of sp³-hybridized carbons (Fsp3) is 0.316. The maximum Gasteiger partial charge on any atom is 0.268 e. The molecule has 0 saturated carbocycles. The second-order valence-electron chi connectivity index (χ2n) is 6.79. The van der Waals surface area contributed by atoms with E-state index in [9.17, 15) is 17.6 Å². The predicted octanol–water partition coefficient (Wildman–Crippen LogP) is 2.63. The van der Waals surface area contributed by atoms with Crippen molar-refractivity contribution >= 4 is 38.2 Å². The Bertz CT molecular complexity index is 1160. The Balaban J connectivity index is 1.44. The highest BCUT2D eigenvalue weighted by Gasteiger charge is 2.27. The highest BCUT2D eigenvalue weighted by Crippen LogP contribution is 2.26. The zero-order valence-electron chi connectivity index (χ0n) is 15.7. The van der Waals surface area contributed by atoms with E-state index in [0.29, 0.717) is 37.5 Å². The quantitative estimate of drug-likeness (QED) is 0.642. The highest BCUT2D eigenvalue weighted by atomic mass is 32.2. The van der Waals surface area contributed by atoms with Gasteiger partial charge >= 0.3 is 0 Å². The first kappa shape index (κ1) is 20.0. The third-order valence-electron chi connectivity index (χ3n) is 4.78. The van der Waals surface area contributed by atoms with Gasteiger partial charge in [-0.3, -0.25) is 4.79 Å². The predicted molar refractivity (Wildman–Crippen MR) is 108 cm³/mol. The Kier molecular flexibility index (Phi) is 5.43. The number of aromatic amines is 1. The Hall–Kier alpha value is -2.27. The maximum absolute atomic E-state index is 13.5. The Morgan fingerprint density at radius 2 is 2.03 bits per heavy atom. The molecule has 1 saturated heterocycles. The highest BCUT2D eigenvalue weighted by molar-refractivity contribution is 7.91. The molecule has 0 unspecified atom stereocenters. The van der Waals surface area contributed by atoms with Crippen molar-refractivity contribution in [1.82, 2.24) is 14.6 Å². The Morgan fingerprint density at radius 1 is 1.28 bits per heavy atom. The molecule has 0 aliphatic carbocycles. The van der Waals surface area contributed by atoms with Crippen LogP contribution in [0.3, 0.4) is 0 Å². The minimum absolute atomic E-state index is 0.199. The summed E-state index contributed by atoms with van der Waals surface area (Å²) in [6.07, 6.45) is 0. The summed E-state index contributed by atoms with van der Waals surface area (Å²) in [6.45, 7) is 3.44. The lowest BCUT2D eigenvalue weighted by atomic mass is 10.1. The van der Waals surface area contributed by atoms with Crippen LogP contribution in [-0.2, 0) is 21.3 Å². The van der Waals surface area contributed by atoms with Crippen molar-refractivity contribution in [2.75, 3.05) is 26.3 Å². The summed E-state index contributed by atoms with van der Waals surface area (Å²) < 4.78 is 45.8. The second kappa shape index (κ2) is 7.86. The van der Waals surface area contributed by atoms with Crippen molar-refractivity contribution in [2.24, 2.45) is 0 Å². The lowest BCUT2D eigenvalue weighted by molar-refractivity contribution is 0.0731. The summed E-state index contributed by atoms with van der Waals surface area (Å²) in [5.74, 6) is -0.705. The number of rotatable bonds is 5. The molecule has 7 nitrogen and oxygen atoms in total. The molecule has 1 amide bonds. The van der Waals surface area contributed by atoms with E-state index in [4.69, 9.17) is 4.74 Å². The number of sulfonamides is 1. The Labute approximate surface area is 171 Å². The van der Waals surface area contributed by atoms with Gasteiger partial charge in [0.05, 0.1) is 19.8 Å². The number of halogens is 1. The first-order chi connectivity index (χ1) is 13.8. The van der Waals surface area contributed by atoms with Gasteiger partial charge in [-0.25, -0.2) is 12.8 Å². The monoisotopic (exact) mass is 437 g/mol. The molecule has 1 aliphatic rings. The first-order valence-corrected chi connectivity index (χ1v) is 11.3. The van der Waals surface area contributed by atoms with E-state index in [-0.39, 0.29) is 22.5 Å². The number of fused-ring (bicyclic) bond motifs is 1. The van der Waals surface area contributed by atoms with Crippen LogP contribution in [-0.4, -0.2) is 49.9 Å². The van der Waals surface area contributed by atoms with Crippen LogP contribution >= 0.6 is 11.3 Å². The minimum atomic E-state index is -3.54. The number of morpholine rings is 1. The molecule has 0 radical (unpaired) electrons. The van der Waals surface area contributed by atoms with E-state index >= 15 is 0 Å². The van der Waals surface area contributed by atoms with E-state index in [1.165, 1.54) is 16.4 Å². The number of benzene rings is 1. The van der Waals surface area contributed by atoms with E-state index in [2.05, 4.69) is 10.3 Å². The lowest BCUT2D eigenvalue weighted by Crippen LogP contribution is -2.40. The van der Waals surface area contributed by atoms with Crippen molar-refractivity contribution in [3.05, 3.63) is 52.3 Å². The van der Waals surface area contributed by atoms with Crippen molar-refractivity contribution in [2.45, 2.75) is 17.7 Å². The van der Waals surface area contributed by atoms with Crippen LogP contribution in [0.2, 0.25) is 0 Å². The van der Waals surface area contributed by atoms with Crippen LogP contribution in [0, 0.1) is 12.7 Å². The third-order valence-corrected chi connectivity index (χ3v) is 8.23. The zero-order valence-corrected chi connectivity index (χ0v) is 17.3. The van der Waals surface area contributed by atoms with Gasteiger partial charge < -0.3 is 15.0 Å². The van der Waals surface area contributed by atoms with Gasteiger partial charge in [0, 0.05) is 28.9 Å². The third kappa shape index (κ3) is 4.06. The summed E-state index contributed by atoms with van der Waals surface area (Å²) in [5.41, 5.74) is 1.63. The molecule has 2 aromatic heterocycles. The van der Waals surface area contributed by atoms with Crippen LogP contribution in [0.15, 0.2) is 34.5 Å². The second-order valence-corrected chi connectivity index (χ2v) is 10.1. The molecule has 1 aliphatic heterocycles. The lowest BCUT2D eigenvalue weighted by Gasteiger charge is -2.25. The van der Waals surface area contributed by atoms with E-state index in [0.717, 1.165) is 27.2 Å². The molecule has 29 heavy (non-hydrogen) atoms. The number of carbonyl (C=O) groups excluding carboxylic acids is 1. The van der Waals surface area contributed by atoms with Crippen molar-refractivity contribution in [3.63, 3.8) is 0 Å². The number of amides is 1. The molecule has 0 atom stereocenters. The minimum Gasteiger partial charge on any atom is -0.379 e. The zero-order chi connectivity index (χ0) is 20.6. The van der Waals surface area contributed by atoms with Gasteiger partial charge in [0.25, 0.3) is 15.9 Å². The normalized spacial score (nSPS) is 15.7. The van der Waals surface area contributed by atoms with E-state index < -0.39 is 10.0 Å². The van der Waals surface area contributed by atoms with Crippen molar-refractivity contribution < 1.29 is 22.3 Å². The SMILES string of the molecule is Cc1cc(F)cc2[nH]c(C(=O)NCc3ccc(S(=O)(=O)N4CCOCC4)s3)cc12. The van der Waals surface area contributed by atoms with Gasteiger partial charge in [0.2, 0.25) is 0 Å². The Morgan fingerprint density at radius 3 is 2.79 bits per heavy atom. The molecule has 4 rings (SSSR count). The molecule has 2 N–H and O–H groups in total. The van der Waals surface area contributed by atoms with Gasteiger partial charge in [0.15, 0.2) is 0 Å². The fourth-order valence-electron chi connectivity index (χ4n) is 3.27. The number of aromatic nitrogens is 1. The molecule has 154 valence electrons. The summed E-state index contributed by atoms with van der Waals surface area (Å²) in [7, 11) is -3.54. The van der Waals surface area contributed by atoms with Crippen molar-refractivity contribution in [3.8, 4) is 0 Å². The molecule has 3 heterocycles. The number of hydrogen-bond acceptors (Lipinski definition) is 5. The van der Waals surface area contributed by atoms with E-state index in [1.807, 2.05) is 0 Å². The van der Waals surface area contributed by atoms with E-state index in [1.54, 1.807) is 25.1 Å². The topological polar surface area (TPSA) is 91.5 Å². The smallest absolute Gasteiger partial charge is 0.268 e. The van der Waals surface area contributed by atoms with Gasteiger partial charge in [-0.05, 0) is 42.8 Å². The number of nitrogens with zero attached hydrogens (tertiary/aromatic N) is 1. The number of carbonyl (C=O) groups is 1. The standard InChI is InChI=1S/C19H20FN3O4S2/c1-12-8-13(20)9-16-15(12)10-17(22-16)19(24)21-11-14-2-3-18(28-14)29(25,26)23-4-6-27-7-5-23/h2-3,8-10,22H,4-7,11H2,1H3,(H,21,24). The fourth-order valence-corrected chi connectivity index (χ4v) is 6.12. The van der Waals surface area contributed by atoms with Gasteiger partial charge in [-0.15, -0.1) is 11.3 Å². The molecular formula is C19H20FN3O4S2. The van der Waals surface area contributed by atoms with Crippen LogP contribution in [0.25, 0.3) is 10.9 Å². The number of aryl methyl sites for hydroxylation is 1. The number of H-pyrrole nitrogens is 1. The van der Waals surface area contributed by atoms with Crippen LogP contribution in [0.1, 0.15) is 20.9 Å². The van der Waals surface area contributed by atoms with Crippen LogP contribution in [0.5, 0.6) is 0 Å². The number of thiophene rings is 1. The number of hydrogen-bond donors (Lipinski definition) is 2. The molecule has 0 bridgehead atoms. The van der Waals surface area contributed by atoms with Gasteiger partial charge in [0.1, 0.15) is 15.7 Å². The summed E-state index contributed by atoms with van der Waals surface area (Å²) in [6, 6.07) is 7.71. The summed E-state index contributed by atoms with van der Waals surface area (Å²) in [5, 5.41) is 3.56. The molecule has 1 aromatic carbocycles. The molecule has 1 fully saturated rings. The summed E-state index contributed by atoms with van der Waals surface area (Å²) >= 11 is 1.14. The summed E-state index contributed by atoms with van der Waals surface area (Å²) in [4.78, 5) is 16.1. The number of nitrogens with one attached hydrogen (secondary N) is 2.